The van der Waals surface area contributed by atoms with Gasteiger partial charge < -0.3 is 14.9 Å². The molecule has 2 N–H and O–H groups in total. The second-order valence-electron chi connectivity index (χ2n) is 9.98. The Labute approximate surface area is 201 Å². The van der Waals surface area contributed by atoms with Crippen molar-refractivity contribution in [3.8, 4) is 0 Å². The first-order valence-electron chi connectivity index (χ1n) is 12.3. The standard InChI is InChI=1S/C24H40O10/c1-4-24(2,3)23(29)30-14-17(15-32-34-20-12-8-7-11-19(20)22(27)28)33-31-13-16-9-5-6-10-18(16)21(25)26/h16-20H,4-15H2,1-3H3,(H,25,26)(H,27,28). The van der Waals surface area contributed by atoms with Crippen molar-refractivity contribution in [1.82, 2.24) is 0 Å². The van der Waals surface area contributed by atoms with Gasteiger partial charge in [-0.15, -0.1) is 0 Å². The van der Waals surface area contributed by atoms with Gasteiger partial charge in [-0.2, -0.15) is 0 Å². The van der Waals surface area contributed by atoms with Crippen LogP contribution in [0.1, 0.15) is 78.6 Å². The van der Waals surface area contributed by atoms with Crippen LogP contribution in [0.4, 0.5) is 0 Å². The van der Waals surface area contributed by atoms with E-state index in [2.05, 4.69) is 0 Å². The maximum Gasteiger partial charge on any atom is 0.311 e. The molecule has 0 aliphatic heterocycles. The van der Waals surface area contributed by atoms with Crippen molar-refractivity contribution >= 4 is 17.9 Å². The molecule has 2 saturated carbocycles. The summed E-state index contributed by atoms with van der Waals surface area (Å²) >= 11 is 0. The number of aliphatic carboxylic acids is 2. The molecule has 0 aromatic rings. The van der Waals surface area contributed by atoms with E-state index in [-0.39, 0.29) is 31.7 Å². The topological polar surface area (TPSA) is 138 Å². The molecule has 0 aromatic carbocycles. The lowest BCUT2D eigenvalue weighted by atomic mass is 9.80. The molecule has 0 radical (unpaired) electrons. The van der Waals surface area contributed by atoms with E-state index in [1.54, 1.807) is 13.8 Å². The van der Waals surface area contributed by atoms with Gasteiger partial charge in [-0.1, -0.05) is 32.6 Å². The molecule has 10 nitrogen and oxygen atoms in total. The molecule has 10 heteroatoms. The predicted molar refractivity (Wildman–Crippen MR) is 119 cm³/mol. The molecule has 2 aliphatic rings. The monoisotopic (exact) mass is 488 g/mol. The Balaban J connectivity index is 1.89. The minimum atomic E-state index is -0.916. The third-order valence-electron chi connectivity index (χ3n) is 7.01. The molecule has 0 spiro atoms. The van der Waals surface area contributed by atoms with Gasteiger partial charge in [-0.05, 0) is 51.9 Å². The van der Waals surface area contributed by atoms with Gasteiger partial charge in [0, 0.05) is 0 Å². The third kappa shape index (κ3) is 8.79. The first-order valence-corrected chi connectivity index (χ1v) is 12.3. The average molecular weight is 489 g/mol. The molecule has 2 rings (SSSR count). The Morgan fingerprint density at radius 2 is 1.50 bits per heavy atom. The minimum absolute atomic E-state index is 0.104. The van der Waals surface area contributed by atoms with E-state index in [1.807, 2.05) is 6.92 Å². The van der Waals surface area contributed by atoms with E-state index in [4.69, 9.17) is 24.3 Å². The predicted octanol–water partition coefficient (Wildman–Crippen LogP) is 3.77. The first kappa shape index (κ1) is 28.5. The van der Waals surface area contributed by atoms with Gasteiger partial charge in [0.1, 0.15) is 19.3 Å². The molecule has 5 atom stereocenters. The van der Waals surface area contributed by atoms with Crippen molar-refractivity contribution < 1.29 is 48.9 Å². The van der Waals surface area contributed by atoms with Crippen LogP contribution in [0.3, 0.4) is 0 Å². The Hall–Kier alpha value is -1.75. The van der Waals surface area contributed by atoms with E-state index in [0.717, 1.165) is 32.1 Å². The summed E-state index contributed by atoms with van der Waals surface area (Å²) in [6.45, 7) is 5.27. The fourth-order valence-corrected chi connectivity index (χ4v) is 4.26. The zero-order valence-electron chi connectivity index (χ0n) is 20.5. The highest BCUT2D eigenvalue weighted by Crippen LogP contribution is 2.31. The second kappa shape index (κ2) is 14.0. The Morgan fingerprint density at radius 1 is 0.882 bits per heavy atom. The van der Waals surface area contributed by atoms with Crippen molar-refractivity contribution in [2.45, 2.75) is 90.8 Å². The van der Waals surface area contributed by atoms with Gasteiger partial charge in [0.25, 0.3) is 0 Å². The van der Waals surface area contributed by atoms with Crippen molar-refractivity contribution in [2.75, 3.05) is 19.8 Å². The summed E-state index contributed by atoms with van der Waals surface area (Å²) in [5.74, 6) is -3.41. The van der Waals surface area contributed by atoms with E-state index in [0.29, 0.717) is 25.7 Å². The molecule has 5 unspecified atom stereocenters. The lowest BCUT2D eigenvalue weighted by molar-refractivity contribution is -0.387. The van der Waals surface area contributed by atoms with Gasteiger partial charge in [0.05, 0.1) is 23.9 Å². The summed E-state index contributed by atoms with van der Waals surface area (Å²) < 4.78 is 5.40. The van der Waals surface area contributed by atoms with Crippen LogP contribution in [-0.4, -0.2) is 60.1 Å². The second-order valence-corrected chi connectivity index (χ2v) is 9.98. The molecular weight excluding hydrogens is 448 g/mol. The van der Waals surface area contributed by atoms with Crippen molar-refractivity contribution in [2.24, 2.45) is 23.2 Å². The number of ether oxygens (including phenoxy) is 1. The van der Waals surface area contributed by atoms with Gasteiger partial charge in [0.2, 0.25) is 0 Å². The zero-order chi connectivity index (χ0) is 25.1. The maximum atomic E-state index is 12.4. The number of hydrogen-bond donors (Lipinski definition) is 2. The molecule has 0 bridgehead atoms. The summed E-state index contributed by atoms with van der Waals surface area (Å²) in [4.78, 5) is 56.8. The molecule has 0 aromatic heterocycles. The number of carboxylic acids is 2. The minimum Gasteiger partial charge on any atom is -0.481 e. The van der Waals surface area contributed by atoms with E-state index >= 15 is 0 Å². The third-order valence-corrected chi connectivity index (χ3v) is 7.01. The lowest BCUT2D eigenvalue weighted by Gasteiger charge is -2.29. The van der Waals surface area contributed by atoms with Crippen molar-refractivity contribution in [3.63, 3.8) is 0 Å². The molecule has 0 saturated heterocycles. The smallest absolute Gasteiger partial charge is 0.311 e. The van der Waals surface area contributed by atoms with E-state index in [1.165, 1.54) is 0 Å². The quantitative estimate of drug-likeness (QED) is 0.211. The summed E-state index contributed by atoms with van der Waals surface area (Å²) in [5, 5.41) is 18.8. The maximum absolute atomic E-state index is 12.4. The highest BCUT2D eigenvalue weighted by Gasteiger charge is 2.34. The summed E-state index contributed by atoms with van der Waals surface area (Å²) in [6, 6.07) is 0. The van der Waals surface area contributed by atoms with E-state index in [9.17, 15) is 24.6 Å². The van der Waals surface area contributed by atoms with Gasteiger partial charge in [0.15, 0.2) is 6.10 Å². The Bertz CT molecular complexity index is 624. The number of hydrogen-bond acceptors (Lipinski definition) is 8. The summed E-state index contributed by atoms with van der Waals surface area (Å²) in [5.41, 5.74) is -0.656. The fraction of sp³-hybridized carbons (Fsp3) is 0.875. The molecule has 2 aliphatic carbocycles. The van der Waals surface area contributed by atoms with Crippen molar-refractivity contribution in [1.29, 1.82) is 0 Å². The van der Waals surface area contributed by atoms with Crippen LogP contribution in [0.25, 0.3) is 0 Å². The van der Waals surface area contributed by atoms with Crippen LogP contribution < -0.4 is 0 Å². The number of carbonyl (C=O) groups is 3. The normalized spacial score (nSPS) is 26.6. The Morgan fingerprint density at radius 3 is 2.15 bits per heavy atom. The zero-order valence-corrected chi connectivity index (χ0v) is 20.5. The number of rotatable bonds is 14. The van der Waals surface area contributed by atoms with Crippen LogP contribution in [0.5, 0.6) is 0 Å². The van der Waals surface area contributed by atoms with Crippen molar-refractivity contribution in [3.05, 3.63) is 0 Å². The number of carboxylic acid groups (broad SMARTS) is 2. The van der Waals surface area contributed by atoms with Crippen LogP contribution in [0.2, 0.25) is 0 Å². The molecule has 34 heavy (non-hydrogen) atoms. The van der Waals surface area contributed by atoms with E-state index < -0.39 is 41.4 Å². The molecule has 196 valence electrons. The van der Waals surface area contributed by atoms with Crippen LogP contribution in [0.15, 0.2) is 0 Å². The first-order chi connectivity index (χ1) is 16.2. The largest absolute Gasteiger partial charge is 0.481 e. The molecule has 0 heterocycles. The van der Waals surface area contributed by atoms with Gasteiger partial charge in [-0.3, -0.25) is 14.4 Å². The Kier molecular flexibility index (Phi) is 11.7. The summed E-state index contributed by atoms with van der Waals surface area (Å²) in [7, 11) is 0. The lowest BCUT2D eigenvalue weighted by Crippen LogP contribution is -2.36. The van der Waals surface area contributed by atoms with Crippen LogP contribution in [0, 0.1) is 23.2 Å². The molecular formula is C24H40O10. The van der Waals surface area contributed by atoms with Gasteiger partial charge >= 0.3 is 17.9 Å². The molecule has 2 fully saturated rings. The summed E-state index contributed by atoms with van der Waals surface area (Å²) in [6.07, 6.45) is 5.18. The highest BCUT2D eigenvalue weighted by molar-refractivity contribution is 5.75. The van der Waals surface area contributed by atoms with Gasteiger partial charge in [-0.25, -0.2) is 19.6 Å². The van der Waals surface area contributed by atoms with Crippen LogP contribution >= 0.6 is 0 Å². The highest BCUT2D eigenvalue weighted by atomic mass is 17.2. The average Bonchev–Trinajstić information content (AvgIpc) is 2.82. The SMILES string of the molecule is CCC(C)(C)C(=O)OCC(COOC1CCCCC1C(=O)O)OOCC1CCCCC1C(=O)O. The fourth-order valence-electron chi connectivity index (χ4n) is 4.26. The number of esters is 1. The molecule has 0 amide bonds. The van der Waals surface area contributed by atoms with Crippen LogP contribution in [-0.2, 0) is 38.7 Å². The number of carbonyl (C=O) groups excluding carboxylic acids is 1.